The molecule has 1 N–H and O–H groups in total. The third-order valence-electron chi connectivity index (χ3n) is 0.974. The smallest absolute Gasteiger partial charge is 0.411 e. The van der Waals surface area contributed by atoms with Gasteiger partial charge in [0, 0.05) is 12.2 Å². The molecule has 0 bridgehead atoms. The third kappa shape index (κ3) is 2.17. The van der Waals surface area contributed by atoms with Crippen molar-refractivity contribution in [3.8, 4) is 0 Å². The molecule has 0 aromatic heterocycles. The van der Waals surface area contributed by atoms with E-state index in [1.54, 1.807) is 13.8 Å². The summed E-state index contributed by atoms with van der Waals surface area (Å²) < 4.78 is 0. The number of rotatable bonds is 2. The monoisotopic (exact) mass is 129 g/mol. The van der Waals surface area contributed by atoms with Crippen LogP contribution >= 0.6 is 0 Å². The summed E-state index contributed by atoms with van der Waals surface area (Å²) in [6, 6.07) is -0.0278. The molecule has 0 rings (SSSR count). The van der Waals surface area contributed by atoms with E-state index in [4.69, 9.17) is 5.11 Å². The summed E-state index contributed by atoms with van der Waals surface area (Å²) in [7, 11) is 0. The van der Waals surface area contributed by atoms with Crippen LogP contribution in [0, 0.1) is 0 Å². The zero-order valence-corrected chi connectivity index (χ0v) is 5.66. The molecule has 0 unspecified atom stereocenters. The first kappa shape index (κ1) is 8.01. The van der Waals surface area contributed by atoms with Crippen molar-refractivity contribution in [2.45, 2.75) is 19.9 Å². The van der Waals surface area contributed by atoms with Gasteiger partial charge in [-0.25, -0.2) is 4.79 Å². The second-order valence-electron chi connectivity index (χ2n) is 1.97. The minimum absolute atomic E-state index is 0.0278. The molecule has 0 saturated carbocycles. The van der Waals surface area contributed by atoms with E-state index in [0.717, 1.165) is 4.90 Å². The lowest BCUT2D eigenvalue weighted by Crippen LogP contribution is -2.30. The van der Waals surface area contributed by atoms with Crippen LogP contribution in [0.4, 0.5) is 4.79 Å². The summed E-state index contributed by atoms with van der Waals surface area (Å²) in [6.45, 7) is 6.92. The average Bonchev–Trinajstić information content (AvgIpc) is 1.64. The van der Waals surface area contributed by atoms with Crippen LogP contribution in [0.3, 0.4) is 0 Å². The quantitative estimate of drug-likeness (QED) is 0.614. The summed E-state index contributed by atoms with van der Waals surface area (Å²) in [5.74, 6) is 0. The Hall–Kier alpha value is -0.990. The number of amides is 1. The largest absolute Gasteiger partial charge is 0.465 e. The van der Waals surface area contributed by atoms with Crippen LogP contribution < -0.4 is 0 Å². The topological polar surface area (TPSA) is 40.5 Å². The zero-order valence-electron chi connectivity index (χ0n) is 5.66. The van der Waals surface area contributed by atoms with Crippen LogP contribution in [0.25, 0.3) is 0 Å². The van der Waals surface area contributed by atoms with Crippen LogP contribution in [-0.2, 0) is 0 Å². The molecule has 0 aliphatic heterocycles. The number of carboxylic acid groups (broad SMARTS) is 1. The Bertz CT molecular complexity index is 120. The van der Waals surface area contributed by atoms with Crippen LogP contribution in [0.5, 0.6) is 0 Å². The lowest BCUT2D eigenvalue weighted by atomic mass is 10.4. The van der Waals surface area contributed by atoms with Gasteiger partial charge in [0.25, 0.3) is 0 Å². The van der Waals surface area contributed by atoms with Crippen LogP contribution in [0.1, 0.15) is 13.8 Å². The standard InChI is InChI=1S/C6H11NO2/c1-4-7(5(2)3)6(8)9/h4-5H,1H2,2-3H3,(H,8,9). The van der Waals surface area contributed by atoms with Crippen molar-refractivity contribution in [2.75, 3.05) is 0 Å². The van der Waals surface area contributed by atoms with E-state index in [9.17, 15) is 4.79 Å². The maximum atomic E-state index is 10.2. The Labute approximate surface area is 54.6 Å². The van der Waals surface area contributed by atoms with E-state index >= 15 is 0 Å². The van der Waals surface area contributed by atoms with E-state index in [1.165, 1.54) is 6.20 Å². The van der Waals surface area contributed by atoms with Gasteiger partial charge in [0.1, 0.15) is 0 Å². The molecule has 0 aromatic rings. The highest BCUT2D eigenvalue weighted by Gasteiger charge is 2.09. The molecular formula is C6H11NO2. The zero-order chi connectivity index (χ0) is 7.44. The van der Waals surface area contributed by atoms with Gasteiger partial charge in [0.2, 0.25) is 0 Å². The van der Waals surface area contributed by atoms with Gasteiger partial charge in [-0.15, -0.1) is 0 Å². The highest BCUT2D eigenvalue weighted by atomic mass is 16.4. The number of hydrogen-bond donors (Lipinski definition) is 1. The molecule has 52 valence electrons. The number of nitrogens with zero attached hydrogens (tertiary/aromatic N) is 1. The maximum absolute atomic E-state index is 10.2. The first-order valence-corrected chi connectivity index (χ1v) is 2.73. The lowest BCUT2D eigenvalue weighted by Gasteiger charge is -2.17. The maximum Gasteiger partial charge on any atom is 0.411 e. The Morgan fingerprint density at radius 1 is 1.78 bits per heavy atom. The number of hydrogen-bond acceptors (Lipinski definition) is 1. The van der Waals surface area contributed by atoms with Crippen molar-refractivity contribution >= 4 is 6.09 Å². The first-order chi connectivity index (χ1) is 4.09. The Morgan fingerprint density at radius 2 is 2.22 bits per heavy atom. The highest BCUT2D eigenvalue weighted by Crippen LogP contribution is 1.97. The normalized spacial score (nSPS) is 9.22. The highest BCUT2D eigenvalue weighted by molar-refractivity contribution is 5.66. The van der Waals surface area contributed by atoms with Crippen molar-refractivity contribution in [3.05, 3.63) is 12.8 Å². The van der Waals surface area contributed by atoms with E-state index in [-0.39, 0.29) is 6.04 Å². The van der Waals surface area contributed by atoms with E-state index in [0.29, 0.717) is 0 Å². The minimum Gasteiger partial charge on any atom is -0.465 e. The summed E-state index contributed by atoms with van der Waals surface area (Å²) in [4.78, 5) is 11.4. The molecule has 0 atom stereocenters. The van der Waals surface area contributed by atoms with Gasteiger partial charge < -0.3 is 5.11 Å². The molecule has 0 heterocycles. The molecule has 3 nitrogen and oxygen atoms in total. The molecule has 3 heteroatoms. The second kappa shape index (κ2) is 3.12. The molecule has 0 fully saturated rings. The van der Waals surface area contributed by atoms with Crippen molar-refractivity contribution in [3.63, 3.8) is 0 Å². The SMILES string of the molecule is C=CN(C(=O)O)C(C)C. The Morgan fingerprint density at radius 3 is 2.22 bits per heavy atom. The fourth-order valence-electron chi connectivity index (χ4n) is 0.510. The van der Waals surface area contributed by atoms with E-state index < -0.39 is 6.09 Å². The lowest BCUT2D eigenvalue weighted by molar-refractivity contribution is 0.153. The molecule has 0 aliphatic rings. The van der Waals surface area contributed by atoms with Gasteiger partial charge in [-0.3, -0.25) is 4.90 Å². The molecule has 9 heavy (non-hydrogen) atoms. The summed E-state index contributed by atoms with van der Waals surface area (Å²) in [5.41, 5.74) is 0. The molecule has 0 aliphatic carbocycles. The molecule has 0 saturated heterocycles. The van der Waals surface area contributed by atoms with Gasteiger partial charge in [-0.2, -0.15) is 0 Å². The molecular weight excluding hydrogens is 118 g/mol. The predicted molar refractivity (Wildman–Crippen MR) is 35.2 cm³/mol. The minimum atomic E-state index is -0.958. The van der Waals surface area contributed by atoms with Crippen molar-refractivity contribution in [1.29, 1.82) is 0 Å². The van der Waals surface area contributed by atoms with Gasteiger partial charge in [0.15, 0.2) is 0 Å². The molecule has 0 aromatic carbocycles. The summed E-state index contributed by atoms with van der Waals surface area (Å²) >= 11 is 0. The van der Waals surface area contributed by atoms with E-state index in [2.05, 4.69) is 6.58 Å². The summed E-state index contributed by atoms with van der Waals surface area (Å²) in [5, 5.41) is 8.40. The van der Waals surface area contributed by atoms with Crippen molar-refractivity contribution < 1.29 is 9.90 Å². The molecule has 1 amide bonds. The molecule has 0 radical (unpaired) electrons. The average molecular weight is 129 g/mol. The Balaban J connectivity index is 3.98. The predicted octanol–water partition coefficient (Wildman–Crippen LogP) is 1.52. The van der Waals surface area contributed by atoms with E-state index in [1.807, 2.05) is 0 Å². The fraction of sp³-hybridized carbons (Fsp3) is 0.500. The number of carbonyl (C=O) groups is 1. The second-order valence-corrected chi connectivity index (χ2v) is 1.97. The van der Waals surface area contributed by atoms with Crippen molar-refractivity contribution in [1.82, 2.24) is 4.90 Å². The first-order valence-electron chi connectivity index (χ1n) is 2.73. The van der Waals surface area contributed by atoms with Gasteiger partial charge in [0.05, 0.1) is 0 Å². The Kier molecular flexibility index (Phi) is 2.78. The van der Waals surface area contributed by atoms with Gasteiger partial charge in [-0.1, -0.05) is 6.58 Å². The van der Waals surface area contributed by atoms with Crippen molar-refractivity contribution in [2.24, 2.45) is 0 Å². The van der Waals surface area contributed by atoms with Gasteiger partial charge in [-0.05, 0) is 13.8 Å². The van der Waals surface area contributed by atoms with Crippen LogP contribution in [0.15, 0.2) is 12.8 Å². The fourth-order valence-corrected chi connectivity index (χ4v) is 0.510. The van der Waals surface area contributed by atoms with Crippen LogP contribution in [-0.4, -0.2) is 22.1 Å². The van der Waals surface area contributed by atoms with Crippen LogP contribution in [0.2, 0.25) is 0 Å². The third-order valence-corrected chi connectivity index (χ3v) is 0.974. The molecule has 0 spiro atoms. The summed E-state index contributed by atoms with van der Waals surface area (Å²) in [6.07, 6.45) is 0.340. The van der Waals surface area contributed by atoms with Gasteiger partial charge >= 0.3 is 6.09 Å².